The SMILES string of the molecule is C=CCC1(C(C)O)C(=O)N2CC(=C=S)S[C@H]21. The molecule has 0 aromatic carbocycles. The Balaban J connectivity index is 2.33. The Labute approximate surface area is 104 Å². The van der Waals surface area contributed by atoms with Gasteiger partial charge in [-0.05, 0) is 30.6 Å². The van der Waals surface area contributed by atoms with Gasteiger partial charge in [0.05, 0.1) is 17.6 Å². The number of aliphatic hydroxyl groups is 1. The summed E-state index contributed by atoms with van der Waals surface area (Å²) >= 11 is 6.30. The van der Waals surface area contributed by atoms with E-state index in [0.29, 0.717) is 13.0 Å². The molecule has 16 heavy (non-hydrogen) atoms. The van der Waals surface area contributed by atoms with Crippen LogP contribution in [0.25, 0.3) is 0 Å². The van der Waals surface area contributed by atoms with Crippen LogP contribution < -0.4 is 0 Å². The van der Waals surface area contributed by atoms with E-state index in [-0.39, 0.29) is 11.3 Å². The summed E-state index contributed by atoms with van der Waals surface area (Å²) in [4.78, 5) is 14.7. The van der Waals surface area contributed by atoms with E-state index in [2.05, 4.69) is 11.6 Å². The van der Waals surface area contributed by atoms with Crippen LogP contribution in [0.15, 0.2) is 17.6 Å². The number of β-lactam (4-membered cyclic amide) rings is 1. The summed E-state index contributed by atoms with van der Waals surface area (Å²) in [6, 6.07) is 0. The molecule has 0 spiro atoms. The summed E-state index contributed by atoms with van der Waals surface area (Å²) in [6.45, 7) is 5.87. The number of aliphatic hydroxyl groups excluding tert-OH is 1. The lowest BCUT2D eigenvalue weighted by atomic mass is 9.71. The maximum Gasteiger partial charge on any atom is 0.236 e. The fourth-order valence-corrected chi connectivity index (χ4v) is 4.02. The van der Waals surface area contributed by atoms with E-state index in [1.165, 1.54) is 11.8 Å². The molecule has 1 amide bonds. The van der Waals surface area contributed by atoms with Crippen LogP contribution in [0.2, 0.25) is 0 Å². The topological polar surface area (TPSA) is 40.5 Å². The van der Waals surface area contributed by atoms with E-state index in [0.717, 1.165) is 4.91 Å². The van der Waals surface area contributed by atoms with Gasteiger partial charge in [0, 0.05) is 0 Å². The molecule has 0 aliphatic carbocycles. The molecule has 2 aliphatic rings. The second kappa shape index (κ2) is 4.00. The van der Waals surface area contributed by atoms with Crippen molar-refractivity contribution in [2.24, 2.45) is 5.41 Å². The Kier molecular flexibility index (Phi) is 2.97. The summed E-state index contributed by atoms with van der Waals surface area (Å²) < 4.78 is 0. The van der Waals surface area contributed by atoms with Crippen molar-refractivity contribution in [3.8, 4) is 0 Å². The van der Waals surface area contributed by atoms with E-state index < -0.39 is 11.5 Å². The van der Waals surface area contributed by atoms with Crippen LogP contribution in [-0.2, 0) is 4.79 Å². The lowest BCUT2D eigenvalue weighted by Crippen LogP contribution is -2.69. The molecule has 0 aromatic heterocycles. The number of thioether (sulfide) groups is 1. The average molecular weight is 255 g/mol. The van der Waals surface area contributed by atoms with Gasteiger partial charge in [-0.1, -0.05) is 17.8 Å². The zero-order valence-corrected chi connectivity index (χ0v) is 10.6. The van der Waals surface area contributed by atoms with E-state index in [4.69, 9.17) is 12.2 Å². The number of nitrogens with zero attached hydrogens (tertiary/aromatic N) is 1. The van der Waals surface area contributed by atoms with Crippen LogP contribution in [0.4, 0.5) is 0 Å². The molecule has 2 heterocycles. The molecule has 2 fully saturated rings. The molecule has 0 radical (unpaired) electrons. The maximum absolute atomic E-state index is 12.1. The fourth-order valence-electron chi connectivity index (χ4n) is 2.38. The third-order valence-electron chi connectivity index (χ3n) is 3.29. The highest BCUT2D eigenvalue weighted by Crippen LogP contribution is 2.56. The molecular weight excluding hydrogens is 242 g/mol. The van der Waals surface area contributed by atoms with Crippen molar-refractivity contribution >= 4 is 34.9 Å². The monoisotopic (exact) mass is 255 g/mol. The van der Waals surface area contributed by atoms with Gasteiger partial charge in [0.15, 0.2) is 0 Å². The van der Waals surface area contributed by atoms with E-state index >= 15 is 0 Å². The smallest absolute Gasteiger partial charge is 0.236 e. The molecule has 1 N–H and O–H groups in total. The standard InChI is InChI=1S/C11H13NO2S2/c1-3-4-11(7(2)13)9(14)12-5-8(6-15)16-10(11)12/h3,7,10,13H,1,4-5H2,2H3/t7?,10-,11?/m0/s1. The van der Waals surface area contributed by atoms with Gasteiger partial charge in [0.1, 0.15) is 10.8 Å². The second-order valence-electron chi connectivity index (χ2n) is 4.14. The summed E-state index contributed by atoms with van der Waals surface area (Å²) in [6.07, 6.45) is 1.53. The number of hydrogen-bond donors (Lipinski definition) is 1. The Morgan fingerprint density at radius 1 is 1.94 bits per heavy atom. The average Bonchev–Trinajstić information content (AvgIpc) is 2.65. The van der Waals surface area contributed by atoms with Crippen molar-refractivity contribution in [2.75, 3.05) is 6.54 Å². The van der Waals surface area contributed by atoms with Crippen LogP contribution >= 0.6 is 24.0 Å². The van der Waals surface area contributed by atoms with Gasteiger partial charge in [-0.3, -0.25) is 4.79 Å². The van der Waals surface area contributed by atoms with Crippen LogP contribution in [0.1, 0.15) is 13.3 Å². The molecule has 3 nitrogen and oxygen atoms in total. The molecule has 2 unspecified atom stereocenters. The number of hydrogen-bond acceptors (Lipinski definition) is 4. The van der Waals surface area contributed by atoms with E-state index in [1.807, 2.05) is 0 Å². The lowest BCUT2D eigenvalue weighted by molar-refractivity contribution is -0.173. The number of rotatable bonds is 3. The largest absolute Gasteiger partial charge is 0.392 e. The highest BCUT2D eigenvalue weighted by molar-refractivity contribution is 8.04. The van der Waals surface area contributed by atoms with Gasteiger partial charge in [-0.25, -0.2) is 0 Å². The van der Waals surface area contributed by atoms with Crippen molar-refractivity contribution in [1.29, 1.82) is 0 Å². The van der Waals surface area contributed by atoms with Gasteiger partial charge < -0.3 is 10.0 Å². The van der Waals surface area contributed by atoms with E-state index in [9.17, 15) is 9.90 Å². The maximum atomic E-state index is 12.1. The zero-order chi connectivity index (χ0) is 11.9. The molecule has 2 aliphatic heterocycles. The zero-order valence-electron chi connectivity index (χ0n) is 8.97. The number of fused-ring (bicyclic) bond motifs is 1. The van der Waals surface area contributed by atoms with Crippen molar-refractivity contribution in [1.82, 2.24) is 4.90 Å². The molecule has 3 atom stereocenters. The molecule has 0 bridgehead atoms. The number of allylic oxidation sites excluding steroid dienone is 1. The molecule has 5 heteroatoms. The third kappa shape index (κ3) is 1.32. The van der Waals surface area contributed by atoms with Gasteiger partial charge in [-0.2, -0.15) is 0 Å². The summed E-state index contributed by atoms with van der Waals surface area (Å²) in [5.74, 6) is 0.000139. The van der Waals surface area contributed by atoms with Crippen LogP contribution in [0.5, 0.6) is 0 Å². The Bertz CT molecular complexity index is 401. The van der Waals surface area contributed by atoms with Gasteiger partial charge in [0.2, 0.25) is 5.91 Å². The second-order valence-corrected chi connectivity index (χ2v) is 5.52. The van der Waals surface area contributed by atoms with Crippen LogP contribution in [-0.4, -0.2) is 39.0 Å². The lowest BCUT2D eigenvalue weighted by Gasteiger charge is -2.53. The quantitative estimate of drug-likeness (QED) is 0.469. The highest BCUT2D eigenvalue weighted by Gasteiger charge is 2.65. The Hall–Kier alpha value is -0.610. The predicted octanol–water partition coefficient (Wildman–Crippen LogP) is 1.33. The first-order valence-corrected chi connectivity index (χ1v) is 6.37. The van der Waals surface area contributed by atoms with Crippen molar-refractivity contribution in [2.45, 2.75) is 24.8 Å². The Morgan fingerprint density at radius 3 is 3.12 bits per heavy atom. The number of carbonyl (C=O) groups is 1. The van der Waals surface area contributed by atoms with Crippen molar-refractivity contribution in [3.63, 3.8) is 0 Å². The fraction of sp³-hybridized carbons (Fsp3) is 0.545. The molecule has 0 aromatic rings. The predicted molar refractivity (Wildman–Crippen MR) is 68.1 cm³/mol. The molecule has 0 saturated carbocycles. The highest BCUT2D eigenvalue weighted by atomic mass is 32.2. The summed E-state index contributed by atoms with van der Waals surface area (Å²) in [7, 11) is 0. The van der Waals surface area contributed by atoms with Gasteiger partial charge in [-0.15, -0.1) is 6.58 Å². The number of amides is 1. The van der Waals surface area contributed by atoms with Gasteiger partial charge >= 0.3 is 0 Å². The molecule has 2 saturated heterocycles. The van der Waals surface area contributed by atoms with Crippen molar-refractivity contribution < 1.29 is 9.90 Å². The molecule has 2 rings (SSSR count). The minimum Gasteiger partial charge on any atom is -0.392 e. The molecule has 86 valence electrons. The first kappa shape index (κ1) is 11.9. The van der Waals surface area contributed by atoms with Gasteiger partial charge in [0.25, 0.3) is 0 Å². The number of thiocarbonyl (C=S) groups is 1. The first-order valence-electron chi connectivity index (χ1n) is 5.08. The minimum absolute atomic E-state index is 0.000139. The first-order chi connectivity index (χ1) is 7.57. The summed E-state index contributed by atoms with van der Waals surface area (Å²) in [5.41, 5.74) is -0.708. The van der Waals surface area contributed by atoms with Crippen LogP contribution in [0.3, 0.4) is 0 Å². The minimum atomic E-state index is -0.708. The number of carbonyl (C=O) groups excluding carboxylic acids is 1. The normalized spacial score (nSPS) is 34.1. The third-order valence-corrected chi connectivity index (χ3v) is 5.08. The van der Waals surface area contributed by atoms with E-state index in [1.54, 1.807) is 17.9 Å². The summed E-state index contributed by atoms with van der Waals surface area (Å²) in [5, 5.41) is 12.5. The van der Waals surface area contributed by atoms with Crippen LogP contribution in [0, 0.1) is 5.41 Å². The van der Waals surface area contributed by atoms with Crippen molar-refractivity contribution in [3.05, 3.63) is 17.6 Å². The molecular formula is C11H13NO2S2. The Morgan fingerprint density at radius 2 is 2.62 bits per heavy atom.